The van der Waals surface area contributed by atoms with Gasteiger partial charge < -0.3 is 15.3 Å². The average Bonchev–Trinajstić information content (AvgIpc) is 2.55. The van der Waals surface area contributed by atoms with E-state index in [4.69, 9.17) is 0 Å². The van der Waals surface area contributed by atoms with Gasteiger partial charge >= 0.3 is 5.97 Å². The fourth-order valence-corrected chi connectivity index (χ4v) is 2.76. The highest BCUT2D eigenvalue weighted by Crippen LogP contribution is 2.30. The summed E-state index contributed by atoms with van der Waals surface area (Å²) in [6.07, 6.45) is 5.33. The van der Waals surface area contributed by atoms with E-state index in [1.54, 1.807) is 0 Å². The fraction of sp³-hybridized carbons (Fsp3) is 0.938. The fourth-order valence-electron chi connectivity index (χ4n) is 2.76. The molecule has 0 spiro atoms. The first kappa shape index (κ1) is 17.4. The zero-order valence-electron chi connectivity index (χ0n) is 13.7. The number of aliphatic carboxylic acids is 1. The van der Waals surface area contributed by atoms with E-state index in [-0.39, 0.29) is 0 Å². The van der Waals surface area contributed by atoms with Crippen LogP contribution >= 0.6 is 0 Å². The largest absolute Gasteiger partial charge is 0.480 e. The average molecular weight is 284 g/mol. The van der Waals surface area contributed by atoms with Gasteiger partial charge in [0.05, 0.1) is 0 Å². The summed E-state index contributed by atoms with van der Waals surface area (Å²) in [6, 6.07) is 0. The third-order valence-corrected chi connectivity index (χ3v) is 4.60. The Kier molecular flexibility index (Phi) is 6.46. The monoisotopic (exact) mass is 284 g/mol. The van der Waals surface area contributed by atoms with Crippen molar-refractivity contribution in [3.05, 3.63) is 0 Å². The van der Waals surface area contributed by atoms with Crippen LogP contribution in [0.15, 0.2) is 0 Å². The SMILES string of the molecule is CCCNC(C)(CCN1CCCC(C)(C)CC1)C(=O)O. The Bertz CT molecular complexity index is 318. The first-order valence-corrected chi connectivity index (χ1v) is 8.00. The molecule has 0 bridgehead atoms. The van der Waals surface area contributed by atoms with Crippen LogP contribution in [0.2, 0.25) is 0 Å². The lowest BCUT2D eigenvalue weighted by molar-refractivity contribution is -0.144. The number of carbonyl (C=O) groups is 1. The number of hydrogen-bond acceptors (Lipinski definition) is 3. The maximum absolute atomic E-state index is 11.5. The number of carboxylic acids is 1. The molecule has 0 aromatic heterocycles. The van der Waals surface area contributed by atoms with Crippen LogP contribution in [-0.2, 0) is 4.79 Å². The summed E-state index contributed by atoms with van der Waals surface area (Å²) in [4.78, 5) is 13.9. The number of hydrogen-bond donors (Lipinski definition) is 2. The summed E-state index contributed by atoms with van der Waals surface area (Å²) in [5.74, 6) is -0.735. The molecule has 4 nitrogen and oxygen atoms in total. The first-order valence-electron chi connectivity index (χ1n) is 8.00. The summed E-state index contributed by atoms with van der Waals surface area (Å²) in [5.41, 5.74) is -0.358. The minimum absolute atomic E-state index is 0.436. The van der Waals surface area contributed by atoms with Gasteiger partial charge in [0.1, 0.15) is 5.54 Å². The van der Waals surface area contributed by atoms with Crippen LogP contribution in [-0.4, -0.2) is 47.7 Å². The van der Waals surface area contributed by atoms with Crippen LogP contribution in [0.25, 0.3) is 0 Å². The molecular formula is C16H32N2O2. The first-order chi connectivity index (χ1) is 9.29. The smallest absolute Gasteiger partial charge is 0.323 e. The van der Waals surface area contributed by atoms with E-state index in [9.17, 15) is 9.90 Å². The van der Waals surface area contributed by atoms with Crippen molar-refractivity contribution in [1.82, 2.24) is 10.2 Å². The van der Waals surface area contributed by atoms with E-state index in [0.717, 1.165) is 32.6 Å². The Labute approximate surface area is 123 Å². The third kappa shape index (κ3) is 5.41. The number of nitrogens with one attached hydrogen (secondary N) is 1. The van der Waals surface area contributed by atoms with Gasteiger partial charge in [-0.05, 0) is 64.1 Å². The van der Waals surface area contributed by atoms with Gasteiger partial charge in [-0.3, -0.25) is 4.79 Å². The van der Waals surface area contributed by atoms with Crippen molar-refractivity contribution in [2.45, 2.75) is 65.3 Å². The Balaban J connectivity index is 2.48. The van der Waals surface area contributed by atoms with Crippen molar-refractivity contribution in [2.24, 2.45) is 5.41 Å². The normalized spacial score (nSPS) is 23.0. The zero-order chi connectivity index (χ0) is 15.2. The number of nitrogens with zero attached hydrogens (tertiary/aromatic N) is 1. The Hall–Kier alpha value is -0.610. The molecule has 1 aliphatic rings. The minimum Gasteiger partial charge on any atom is -0.480 e. The minimum atomic E-state index is -0.794. The molecule has 0 aromatic rings. The maximum atomic E-state index is 11.5. The molecule has 1 atom stereocenters. The molecule has 20 heavy (non-hydrogen) atoms. The molecule has 0 amide bonds. The van der Waals surface area contributed by atoms with Crippen LogP contribution in [0.5, 0.6) is 0 Å². The highest BCUT2D eigenvalue weighted by atomic mass is 16.4. The van der Waals surface area contributed by atoms with Crippen LogP contribution in [0.4, 0.5) is 0 Å². The van der Waals surface area contributed by atoms with Crippen LogP contribution in [0.1, 0.15) is 59.8 Å². The number of carboxylic acid groups (broad SMARTS) is 1. The van der Waals surface area contributed by atoms with Crippen LogP contribution in [0.3, 0.4) is 0 Å². The predicted molar refractivity (Wildman–Crippen MR) is 83.0 cm³/mol. The summed E-state index contributed by atoms with van der Waals surface area (Å²) < 4.78 is 0. The molecule has 2 N–H and O–H groups in total. The van der Waals surface area contributed by atoms with Gasteiger partial charge in [0.2, 0.25) is 0 Å². The van der Waals surface area contributed by atoms with E-state index in [2.05, 4.69) is 31.0 Å². The highest BCUT2D eigenvalue weighted by molar-refractivity contribution is 5.78. The van der Waals surface area contributed by atoms with Crippen molar-refractivity contribution < 1.29 is 9.90 Å². The summed E-state index contributed by atoms with van der Waals surface area (Å²) >= 11 is 0. The van der Waals surface area contributed by atoms with E-state index >= 15 is 0 Å². The number of likely N-dealkylation sites (tertiary alicyclic amines) is 1. The molecule has 118 valence electrons. The quantitative estimate of drug-likeness (QED) is 0.755. The van der Waals surface area contributed by atoms with E-state index in [1.165, 1.54) is 19.3 Å². The molecule has 1 aliphatic heterocycles. The molecule has 1 unspecified atom stereocenters. The van der Waals surface area contributed by atoms with Crippen LogP contribution < -0.4 is 5.32 Å². The Morgan fingerprint density at radius 3 is 2.65 bits per heavy atom. The molecule has 0 radical (unpaired) electrons. The maximum Gasteiger partial charge on any atom is 0.323 e. The Morgan fingerprint density at radius 1 is 1.35 bits per heavy atom. The van der Waals surface area contributed by atoms with Gasteiger partial charge in [0, 0.05) is 6.54 Å². The van der Waals surface area contributed by atoms with Crippen molar-refractivity contribution in [3.63, 3.8) is 0 Å². The van der Waals surface area contributed by atoms with Crippen molar-refractivity contribution in [3.8, 4) is 0 Å². The summed E-state index contributed by atoms with van der Waals surface area (Å²) in [5, 5.41) is 12.6. The lowest BCUT2D eigenvalue weighted by Gasteiger charge is -2.30. The van der Waals surface area contributed by atoms with Crippen molar-refractivity contribution in [2.75, 3.05) is 26.2 Å². The molecule has 1 fully saturated rings. The molecule has 0 aliphatic carbocycles. The third-order valence-electron chi connectivity index (χ3n) is 4.60. The molecule has 0 aromatic carbocycles. The van der Waals surface area contributed by atoms with Crippen molar-refractivity contribution in [1.29, 1.82) is 0 Å². The molecule has 4 heteroatoms. The molecular weight excluding hydrogens is 252 g/mol. The topological polar surface area (TPSA) is 52.6 Å². The zero-order valence-corrected chi connectivity index (χ0v) is 13.7. The predicted octanol–water partition coefficient (Wildman–Crippen LogP) is 2.73. The van der Waals surface area contributed by atoms with Gasteiger partial charge in [-0.15, -0.1) is 0 Å². The molecule has 1 saturated heterocycles. The van der Waals surface area contributed by atoms with Gasteiger partial charge in [-0.1, -0.05) is 20.8 Å². The van der Waals surface area contributed by atoms with Gasteiger partial charge in [-0.25, -0.2) is 0 Å². The summed E-state index contributed by atoms with van der Waals surface area (Å²) in [7, 11) is 0. The lowest BCUT2D eigenvalue weighted by atomic mass is 9.85. The highest BCUT2D eigenvalue weighted by Gasteiger charge is 2.33. The van der Waals surface area contributed by atoms with Gasteiger partial charge in [0.15, 0.2) is 0 Å². The van der Waals surface area contributed by atoms with E-state index < -0.39 is 11.5 Å². The second-order valence-electron chi connectivity index (χ2n) is 7.17. The standard InChI is InChI=1S/C16H32N2O2/c1-5-10-17-16(4,14(19)20)9-13-18-11-6-7-15(2,3)8-12-18/h17H,5-13H2,1-4H3,(H,19,20). The molecule has 1 heterocycles. The second kappa shape index (κ2) is 7.41. The van der Waals surface area contributed by atoms with E-state index in [1.807, 2.05) is 6.92 Å². The number of rotatable bonds is 7. The van der Waals surface area contributed by atoms with Crippen LogP contribution in [0, 0.1) is 5.41 Å². The summed E-state index contributed by atoms with van der Waals surface area (Å²) in [6.45, 7) is 12.4. The van der Waals surface area contributed by atoms with Gasteiger partial charge in [-0.2, -0.15) is 0 Å². The molecule has 1 rings (SSSR count). The van der Waals surface area contributed by atoms with Crippen molar-refractivity contribution >= 4 is 5.97 Å². The Morgan fingerprint density at radius 2 is 2.05 bits per heavy atom. The van der Waals surface area contributed by atoms with Gasteiger partial charge in [0.25, 0.3) is 0 Å². The lowest BCUT2D eigenvalue weighted by Crippen LogP contribution is -2.51. The molecule has 0 saturated carbocycles. The second-order valence-corrected chi connectivity index (χ2v) is 7.17. The van der Waals surface area contributed by atoms with E-state index in [0.29, 0.717) is 11.8 Å².